The highest BCUT2D eigenvalue weighted by Gasteiger charge is 2.26. The van der Waals surface area contributed by atoms with E-state index in [1.807, 2.05) is 0 Å². The average Bonchev–Trinajstić information content (AvgIpc) is 3.22. The van der Waals surface area contributed by atoms with Crippen molar-refractivity contribution in [2.45, 2.75) is 45.3 Å². The van der Waals surface area contributed by atoms with Gasteiger partial charge in [-0.3, -0.25) is 14.4 Å². The number of aromatic amines is 1. The number of amides is 3. The number of carbonyl (C=O) groups is 3. The lowest BCUT2D eigenvalue weighted by molar-refractivity contribution is -0.122. The molecule has 1 aliphatic rings. The molecule has 0 saturated heterocycles. The molecule has 34 heavy (non-hydrogen) atoms. The average molecular weight is 473 g/mol. The zero-order valence-corrected chi connectivity index (χ0v) is 19.3. The summed E-state index contributed by atoms with van der Waals surface area (Å²) in [5.74, 6) is -1.48. The van der Waals surface area contributed by atoms with Crippen LogP contribution < -0.4 is 16.0 Å². The highest BCUT2D eigenvalue weighted by Crippen LogP contribution is 2.34. The minimum absolute atomic E-state index is 0.0212. The Labute approximate surface area is 196 Å². The van der Waals surface area contributed by atoms with Gasteiger partial charge in [0.05, 0.1) is 29.8 Å². The van der Waals surface area contributed by atoms with Gasteiger partial charge in [0.2, 0.25) is 5.91 Å². The van der Waals surface area contributed by atoms with Crippen molar-refractivity contribution in [1.82, 2.24) is 15.6 Å². The first-order valence-corrected chi connectivity index (χ1v) is 11.0. The van der Waals surface area contributed by atoms with Crippen molar-refractivity contribution in [3.63, 3.8) is 0 Å². The number of anilines is 1. The van der Waals surface area contributed by atoms with E-state index in [1.165, 1.54) is 25.2 Å². The van der Waals surface area contributed by atoms with Crippen LogP contribution in [0.2, 0.25) is 0 Å². The van der Waals surface area contributed by atoms with Crippen molar-refractivity contribution < 1.29 is 29.0 Å². The Balaban J connectivity index is 1.65. The highest BCUT2D eigenvalue weighted by molar-refractivity contribution is 6.34. The Morgan fingerprint density at radius 1 is 1.21 bits per heavy atom. The maximum absolute atomic E-state index is 13.7. The number of halogens is 1. The monoisotopic (exact) mass is 472 g/mol. The molecule has 0 spiro atoms. The molecular weight excluding hydrogens is 443 g/mol. The molecule has 6 N–H and O–H groups in total. The van der Waals surface area contributed by atoms with E-state index < -0.39 is 18.0 Å². The second-order valence-corrected chi connectivity index (χ2v) is 8.33. The van der Waals surface area contributed by atoms with Crippen molar-refractivity contribution in [1.29, 1.82) is 0 Å². The van der Waals surface area contributed by atoms with Crippen LogP contribution in [0.25, 0.3) is 11.6 Å². The van der Waals surface area contributed by atoms with E-state index in [0.29, 0.717) is 39.3 Å². The summed E-state index contributed by atoms with van der Waals surface area (Å²) in [5, 5.41) is 27.7. The molecule has 0 fully saturated rings. The van der Waals surface area contributed by atoms with Gasteiger partial charge in [0.15, 0.2) is 0 Å². The van der Waals surface area contributed by atoms with E-state index in [4.69, 9.17) is 0 Å². The van der Waals surface area contributed by atoms with Crippen LogP contribution >= 0.6 is 0 Å². The Morgan fingerprint density at radius 3 is 2.65 bits per heavy atom. The summed E-state index contributed by atoms with van der Waals surface area (Å²) < 4.78 is 13.7. The van der Waals surface area contributed by atoms with Crippen LogP contribution in [0.3, 0.4) is 0 Å². The number of fused-ring (bicyclic) bond motifs is 1. The first kappa shape index (κ1) is 25.1. The Kier molecular flexibility index (Phi) is 7.85. The van der Waals surface area contributed by atoms with E-state index in [0.717, 1.165) is 0 Å². The molecule has 3 rings (SSSR count). The zero-order chi connectivity index (χ0) is 25.0. The van der Waals surface area contributed by atoms with Crippen LogP contribution in [0, 0.1) is 19.7 Å². The molecule has 2 heterocycles. The maximum Gasteiger partial charge on any atom is 0.256 e. The van der Waals surface area contributed by atoms with Crippen molar-refractivity contribution in [2.24, 2.45) is 0 Å². The smallest absolute Gasteiger partial charge is 0.256 e. The first-order chi connectivity index (χ1) is 16.1. The number of rotatable bonds is 9. The summed E-state index contributed by atoms with van der Waals surface area (Å²) in [5.41, 5.74) is 3.47. The van der Waals surface area contributed by atoms with Gasteiger partial charge in [-0.1, -0.05) is 0 Å². The lowest BCUT2D eigenvalue weighted by Gasteiger charge is -2.15. The van der Waals surface area contributed by atoms with Gasteiger partial charge in [-0.25, -0.2) is 4.39 Å². The molecule has 1 aromatic carbocycles. The molecule has 3 amide bonds. The molecular formula is C24H29FN4O5. The summed E-state index contributed by atoms with van der Waals surface area (Å²) in [6.07, 6.45) is -0.130. The molecule has 1 aliphatic heterocycles. The number of aryl methyl sites for hydroxylation is 1. The second kappa shape index (κ2) is 10.6. The van der Waals surface area contributed by atoms with E-state index in [1.54, 1.807) is 19.9 Å². The van der Waals surface area contributed by atoms with Crippen LogP contribution in [-0.4, -0.2) is 58.7 Å². The van der Waals surface area contributed by atoms with Crippen molar-refractivity contribution in [3.05, 3.63) is 52.1 Å². The van der Waals surface area contributed by atoms with Crippen LogP contribution in [-0.2, 0) is 9.59 Å². The normalized spacial score (nSPS) is 15.6. The van der Waals surface area contributed by atoms with E-state index in [9.17, 15) is 29.0 Å². The third-order valence-electron chi connectivity index (χ3n) is 5.76. The van der Waals surface area contributed by atoms with Gasteiger partial charge < -0.3 is 31.1 Å². The van der Waals surface area contributed by atoms with Crippen LogP contribution in [0.15, 0.2) is 18.2 Å². The number of aliphatic hydroxyl groups excluding tert-OH is 2. The van der Waals surface area contributed by atoms with Gasteiger partial charge in [0.1, 0.15) is 5.82 Å². The summed E-state index contributed by atoms with van der Waals surface area (Å²) in [4.78, 5) is 39.5. The van der Waals surface area contributed by atoms with E-state index in [2.05, 4.69) is 20.9 Å². The minimum atomic E-state index is -0.971. The fraction of sp³-hybridized carbons (Fsp3) is 0.375. The van der Waals surface area contributed by atoms with Crippen molar-refractivity contribution in [2.75, 3.05) is 18.9 Å². The lowest BCUT2D eigenvalue weighted by atomic mass is 10.0. The van der Waals surface area contributed by atoms with Crippen LogP contribution in [0.5, 0.6) is 0 Å². The van der Waals surface area contributed by atoms with E-state index in [-0.39, 0.29) is 43.5 Å². The number of H-pyrrole nitrogens is 1. The fourth-order valence-electron chi connectivity index (χ4n) is 3.98. The molecule has 10 heteroatoms. The van der Waals surface area contributed by atoms with Gasteiger partial charge in [0.25, 0.3) is 11.8 Å². The van der Waals surface area contributed by atoms with Gasteiger partial charge in [-0.05, 0) is 56.5 Å². The molecule has 0 saturated carbocycles. The van der Waals surface area contributed by atoms with Crippen LogP contribution in [0.1, 0.15) is 52.1 Å². The number of carbonyl (C=O) groups excluding carboxylic acids is 3. The van der Waals surface area contributed by atoms with Gasteiger partial charge in [0, 0.05) is 36.2 Å². The van der Waals surface area contributed by atoms with Gasteiger partial charge >= 0.3 is 0 Å². The Morgan fingerprint density at radius 2 is 1.94 bits per heavy atom. The van der Waals surface area contributed by atoms with Crippen molar-refractivity contribution in [3.8, 4) is 0 Å². The first-order valence-electron chi connectivity index (χ1n) is 11.0. The summed E-state index contributed by atoms with van der Waals surface area (Å²) in [7, 11) is 1.47. The van der Waals surface area contributed by atoms with Crippen LogP contribution in [0.4, 0.5) is 10.1 Å². The standard InChI is InChI=1S/C24H29FN4O5/c1-12-20(11-18-17-8-14(25)4-5-19(17)29-23(18)33)28-13(2)22(12)24(34)27-7-6-15(30)9-16(31)10-21(32)26-3/h4-5,8,11,15-16,28,30-31H,6-7,9-10H2,1-3H3,(H,26,32)(H,27,34)(H,29,33). The molecule has 2 aromatic rings. The molecule has 9 nitrogen and oxygen atoms in total. The third kappa shape index (κ3) is 5.70. The van der Waals surface area contributed by atoms with E-state index >= 15 is 0 Å². The maximum atomic E-state index is 13.7. The number of nitrogens with one attached hydrogen (secondary N) is 4. The summed E-state index contributed by atoms with van der Waals surface area (Å²) in [6, 6.07) is 4.06. The van der Waals surface area contributed by atoms with Gasteiger partial charge in [-0.2, -0.15) is 0 Å². The Hall–Kier alpha value is -3.50. The van der Waals surface area contributed by atoms with Gasteiger partial charge in [-0.15, -0.1) is 0 Å². The predicted molar refractivity (Wildman–Crippen MR) is 125 cm³/mol. The molecule has 2 atom stereocenters. The predicted octanol–water partition coefficient (Wildman–Crippen LogP) is 1.63. The molecule has 182 valence electrons. The topological polar surface area (TPSA) is 144 Å². The lowest BCUT2D eigenvalue weighted by Crippen LogP contribution is -2.30. The number of aliphatic hydroxyl groups is 2. The SMILES string of the molecule is CNC(=O)CC(O)CC(O)CCNC(=O)c1c(C)[nH]c(C=C2C(=O)Nc3ccc(F)cc32)c1C. The number of aromatic nitrogens is 1. The second-order valence-electron chi connectivity index (χ2n) is 8.33. The largest absolute Gasteiger partial charge is 0.393 e. The fourth-order valence-corrected chi connectivity index (χ4v) is 3.98. The highest BCUT2D eigenvalue weighted by atomic mass is 19.1. The summed E-state index contributed by atoms with van der Waals surface area (Å²) in [6.45, 7) is 3.65. The zero-order valence-electron chi connectivity index (χ0n) is 19.3. The molecule has 2 unspecified atom stereocenters. The molecule has 0 bridgehead atoms. The minimum Gasteiger partial charge on any atom is -0.393 e. The molecule has 0 aliphatic carbocycles. The number of hydrogen-bond donors (Lipinski definition) is 6. The summed E-state index contributed by atoms with van der Waals surface area (Å²) >= 11 is 0. The quantitative estimate of drug-likeness (QED) is 0.308. The third-order valence-corrected chi connectivity index (χ3v) is 5.76. The molecule has 0 radical (unpaired) electrons. The molecule has 1 aromatic heterocycles. The number of benzene rings is 1. The number of hydrogen-bond acceptors (Lipinski definition) is 5. The van der Waals surface area contributed by atoms with Crippen molar-refractivity contribution >= 4 is 35.1 Å². The Bertz CT molecular complexity index is 1140.